The number of anilines is 1. The van der Waals surface area contributed by atoms with Gasteiger partial charge < -0.3 is 10.6 Å². The van der Waals surface area contributed by atoms with Crippen molar-refractivity contribution >= 4 is 33.3 Å². The number of hydrogen-bond acceptors (Lipinski definition) is 3. The van der Waals surface area contributed by atoms with Crippen molar-refractivity contribution in [2.75, 3.05) is 5.32 Å². The maximum Gasteiger partial charge on any atom is 0.319 e. The monoisotopic (exact) mass is 371 g/mol. The topological polar surface area (TPSA) is 101 Å². The molecule has 128 valence electrons. The molecule has 6 nitrogen and oxygen atoms in total. The Bertz CT molecular complexity index is 857. The Morgan fingerprint density at radius 3 is 2.38 bits per heavy atom. The summed E-state index contributed by atoms with van der Waals surface area (Å²) >= 11 is 5.64. The summed E-state index contributed by atoms with van der Waals surface area (Å²) in [4.78, 5) is 11.9. The van der Waals surface area contributed by atoms with Crippen LogP contribution in [0.5, 0.6) is 0 Å². The zero-order valence-electron chi connectivity index (χ0n) is 12.6. The van der Waals surface area contributed by atoms with E-state index >= 15 is 0 Å². The number of sulfonamides is 1. The van der Waals surface area contributed by atoms with Crippen molar-refractivity contribution in [3.8, 4) is 0 Å². The van der Waals surface area contributed by atoms with Crippen molar-refractivity contribution < 1.29 is 17.6 Å². The van der Waals surface area contributed by atoms with Crippen molar-refractivity contribution in [1.29, 1.82) is 0 Å². The van der Waals surface area contributed by atoms with Gasteiger partial charge >= 0.3 is 6.03 Å². The number of rotatable bonds is 4. The molecule has 2 aromatic rings. The highest BCUT2D eigenvalue weighted by molar-refractivity contribution is 7.89. The summed E-state index contributed by atoms with van der Waals surface area (Å²) in [5, 5.41) is 10.1. The highest BCUT2D eigenvalue weighted by Crippen LogP contribution is 2.20. The molecule has 0 aliphatic rings. The maximum absolute atomic E-state index is 13.1. The smallest absolute Gasteiger partial charge is 0.319 e. The molecule has 1 unspecified atom stereocenters. The molecular formula is C15H15ClFN3O3S. The van der Waals surface area contributed by atoms with E-state index in [1.807, 2.05) is 0 Å². The standard InChI is InChI=1S/C15H15ClFN3O3S/c1-9(10-2-5-12(6-3-10)24(18,22)23)19-15(21)20-11-4-7-14(17)13(16)8-11/h2-9H,1H3,(H2,18,22,23)(H2,19,20,21). The average molecular weight is 372 g/mol. The third-order valence-electron chi connectivity index (χ3n) is 3.23. The number of halogens is 2. The Balaban J connectivity index is 2.01. The van der Waals surface area contributed by atoms with Crippen LogP contribution in [0.25, 0.3) is 0 Å². The van der Waals surface area contributed by atoms with Crippen molar-refractivity contribution in [2.24, 2.45) is 5.14 Å². The highest BCUT2D eigenvalue weighted by atomic mass is 35.5. The van der Waals surface area contributed by atoms with Crippen LogP contribution in [0.3, 0.4) is 0 Å². The van der Waals surface area contributed by atoms with Gasteiger partial charge in [-0.25, -0.2) is 22.7 Å². The van der Waals surface area contributed by atoms with Crippen molar-refractivity contribution in [1.82, 2.24) is 5.32 Å². The summed E-state index contributed by atoms with van der Waals surface area (Å²) < 4.78 is 35.5. The Kier molecular flexibility index (Phi) is 5.43. The number of benzene rings is 2. The van der Waals surface area contributed by atoms with E-state index in [-0.39, 0.29) is 9.92 Å². The molecule has 2 aromatic carbocycles. The van der Waals surface area contributed by atoms with E-state index in [1.165, 1.54) is 24.3 Å². The SMILES string of the molecule is CC(NC(=O)Nc1ccc(F)c(Cl)c1)c1ccc(S(N)(=O)=O)cc1. The number of nitrogens with one attached hydrogen (secondary N) is 2. The van der Waals surface area contributed by atoms with E-state index in [2.05, 4.69) is 10.6 Å². The van der Waals surface area contributed by atoms with Gasteiger partial charge in [0.25, 0.3) is 0 Å². The second kappa shape index (κ2) is 7.16. The van der Waals surface area contributed by atoms with E-state index in [1.54, 1.807) is 19.1 Å². The summed E-state index contributed by atoms with van der Waals surface area (Å²) in [6.45, 7) is 1.73. The minimum absolute atomic E-state index is 0.0103. The number of carbonyl (C=O) groups excluding carboxylic acids is 1. The Morgan fingerprint density at radius 2 is 1.83 bits per heavy atom. The first-order valence-electron chi connectivity index (χ1n) is 6.82. The van der Waals surface area contributed by atoms with Crippen LogP contribution in [0.15, 0.2) is 47.4 Å². The minimum atomic E-state index is -3.76. The fourth-order valence-electron chi connectivity index (χ4n) is 1.97. The molecule has 0 aromatic heterocycles. The van der Waals surface area contributed by atoms with Crippen LogP contribution >= 0.6 is 11.6 Å². The summed E-state index contributed by atoms with van der Waals surface area (Å²) in [5.41, 5.74) is 1.03. The molecule has 9 heteroatoms. The normalized spacial score (nSPS) is 12.5. The number of urea groups is 1. The second-order valence-corrected chi connectivity index (χ2v) is 7.03. The number of primary sulfonamides is 1. The summed E-state index contributed by atoms with van der Waals surface area (Å²) in [6.07, 6.45) is 0. The Labute approximate surface area is 143 Å². The fourth-order valence-corrected chi connectivity index (χ4v) is 2.66. The van der Waals surface area contributed by atoms with Gasteiger partial charge in [-0.05, 0) is 42.8 Å². The second-order valence-electron chi connectivity index (χ2n) is 5.06. The zero-order valence-corrected chi connectivity index (χ0v) is 14.2. The number of nitrogens with two attached hydrogens (primary N) is 1. The molecule has 0 radical (unpaired) electrons. The number of carbonyl (C=O) groups is 1. The van der Waals surface area contributed by atoms with E-state index < -0.39 is 27.9 Å². The molecule has 0 spiro atoms. The maximum atomic E-state index is 13.1. The molecule has 0 aliphatic carbocycles. The van der Waals surface area contributed by atoms with Gasteiger partial charge in [0.05, 0.1) is 16.0 Å². The molecule has 2 rings (SSSR count). The summed E-state index contributed by atoms with van der Waals surface area (Å²) in [7, 11) is -3.76. The van der Waals surface area contributed by atoms with Crippen LogP contribution in [-0.2, 0) is 10.0 Å². The van der Waals surface area contributed by atoms with Crippen LogP contribution in [0.2, 0.25) is 5.02 Å². The van der Waals surface area contributed by atoms with Crippen molar-refractivity contribution in [3.63, 3.8) is 0 Å². The van der Waals surface area contributed by atoms with Crippen LogP contribution in [0, 0.1) is 5.82 Å². The van der Waals surface area contributed by atoms with Crippen LogP contribution in [0.1, 0.15) is 18.5 Å². The van der Waals surface area contributed by atoms with Crippen molar-refractivity contribution in [3.05, 3.63) is 58.9 Å². The van der Waals surface area contributed by atoms with Crippen LogP contribution < -0.4 is 15.8 Å². The van der Waals surface area contributed by atoms with Gasteiger partial charge in [-0.1, -0.05) is 23.7 Å². The molecule has 0 fully saturated rings. The van der Waals surface area contributed by atoms with Gasteiger partial charge in [0.15, 0.2) is 0 Å². The molecule has 1 atom stereocenters. The lowest BCUT2D eigenvalue weighted by molar-refractivity contribution is 0.249. The lowest BCUT2D eigenvalue weighted by Crippen LogP contribution is -2.31. The minimum Gasteiger partial charge on any atom is -0.331 e. The molecule has 0 bridgehead atoms. The fraction of sp³-hybridized carbons (Fsp3) is 0.133. The third-order valence-corrected chi connectivity index (χ3v) is 4.45. The molecule has 2 amide bonds. The highest BCUT2D eigenvalue weighted by Gasteiger charge is 2.12. The first-order chi connectivity index (χ1) is 11.2. The predicted molar refractivity (Wildman–Crippen MR) is 89.8 cm³/mol. The van der Waals surface area contributed by atoms with E-state index in [0.717, 1.165) is 6.07 Å². The molecule has 4 N–H and O–H groups in total. The molecule has 0 saturated carbocycles. The van der Waals surface area contributed by atoms with Crippen LogP contribution in [0.4, 0.5) is 14.9 Å². The third kappa shape index (κ3) is 4.67. The summed E-state index contributed by atoms with van der Waals surface area (Å²) in [5.74, 6) is -0.578. The van der Waals surface area contributed by atoms with Crippen LogP contribution in [-0.4, -0.2) is 14.4 Å². The van der Waals surface area contributed by atoms with E-state index in [9.17, 15) is 17.6 Å². The molecule has 0 saturated heterocycles. The molecule has 24 heavy (non-hydrogen) atoms. The quantitative estimate of drug-likeness (QED) is 0.769. The largest absolute Gasteiger partial charge is 0.331 e. The van der Waals surface area contributed by atoms with E-state index in [4.69, 9.17) is 16.7 Å². The number of amides is 2. The van der Waals surface area contributed by atoms with Gasteiger partial charge in [-0.3, -0.25) is 0 Å². The lowest BCUT2D eigenvalue weighted by atomic mass is 10.1. The van der Waals surface area contributed by atoms with Gasteiger partial charge in [0.2, 0.25) is 10.0 Å². The first kappa shape index (κ1) is 18.2. The Hall–Kier alpha value is -2.16. The average Bonchev–Trinajstić information content (AvgIpc) is 2.50. The predicted octanol–water partition coefficient (Wildman–Crippen LogP) is 3.01. The van der Waals surface area contributed by atoms with Gasteiger partial charge in [0.1, 0.15) is 5.82 Å². The number of hydrogen-bond donors (Lipinski definition) is 3. The van der Waals surface area contributed by atoms with Gasteiger partial charge in [-0.2, -0.15) is 0 Å². The van der Waals surface area contributed by atoms with Crippen molar-refractivity contribution in [2.45, 2.75) is 17.9 Å². The zero-order chi connectivity index (χ0) is 17.9. The first-order valence-corrected chi connectivity index (χ1v) is 8.74. The molecule has 0 aliphatic heterocycles. The van der Waals surface area contributed by atoms with E-state index in [0.29, 0.717) is 11.3 Å². The lowest BCUT2D eigenvalue weighted by Gasteiger charge is -2.15. The molecular weight excluding hydrogens is 357 g/mol. The van der Waals surface area contributed by atoms with Gasteiger partial charge in [-0.15, -0.1) is 0 Å². The summed E-state index contributed by atoms with van der Waals surface area (Å²) in [6, 6.07) is 8.75. The Morgan fingerprint density at radius 1 is 1.21 bits per heavy atom. The van der Waals surface area contributed by atoms with Gasteiger partial charge in [0, 0.05) is 5.69 Å². The molecule has 0 heterocycles.